The molecule has 2 aromatic rings. The molecular weight excluding hydrogens is 336 g/mol. The van der Waals surface area contributed by atoms with Crippen LogP contribution in [-0.2, 0) is 15.1 Å². The Balaban J connectivity index is 1.50. The van der Waals surface area contributed by atoms with Gasteiger partial charge >= 0.3 is 0 Å². The van der Waals surface area contributed by atoms with Crippen molar-refractivity contribution in [2.24, 2.45) is 5.92 Å². The molecule has 1 unspecified atom stereocenters. The molecule has 1 heterocycles. The van der Waals surface area contributed by atoms with E-state index in [0.29, 0.717) is 13.0 Å². The van der Waals surface area contributed by atoms with E-state index in [9.17, 15) is 9.59 Å². The number of aryl methyl sites for hydroxylation is 2. The van der Waals surface area contributed by atoms with Crippen molar-refractivity contribution in [3.63, 3.8) is 0 Å². The van der Waals surface area contributed by atoms with Crippen molar-refractivity contribution in [1.29, 1.82) is 0 Å². The Morgan fingerprint density at radius 3 is 2.44 bits per heavy atom. The van der Waals surface area contributed by atoms with Gasteiger partial charge in [-0.1, -0.05) is 36.4 Å². The number of nitrogens with zero attached hydrogens (tertiary/aromatic N) is 1. The molecule has 1 atom stereocenters. The van der Waals surface area contributed by atoms with E-state index in [1.165, 1.54) is 5.56 Å². The van der Waals surface area contributed by atoms with Gasteiger partial charge in [0.1, 0.15) is 5.92 Å². The summed E-state index contributed by atoms with van der Waals surface area (Å²) in [7, 11) is 0. The molecule has 2 amide bonds. The summed E-state index contributed by atoms with van der Waals surface area (Å²) < 4.78 is 0. The van der Waals surface area contributed by atoms with E-state index in [2.05, 4.69) is 24.4 Å². The molecular formula is C23H26N2O2. The predicted octanol–water partition coefficient (Wildman–Crippen LogP) is 3.85. The first kappa shape index (κ1) is 17.8. The molecule has 1 saturated heterocycles. The Hall–Kier alpha value is -2.62. The van der Waals surface area contributed by atoms with Gasteiger partial charge in [-0.15, -0.1) is 0 Å². The van der Waals surface area contributed by atoms with Crippen molar-refractivity contribution in [3.05, 3.63) is 65.2 Å². The van der Waals surface area contributed by atoms with Gasteiger partial charge in [-0.3, -0.25) is 9.59 Å². The highest BCUT2D eigenvalue weighted by atomic mass is 16.2. The highest BCUT2D eigenvalue weighted by Crippen LogP contribution is 2.41. The van der Waals surface area contributed by atoms with Crippen LogP contribution < -0.4 is 10.2 Å². The molecule has 4 heteroatoms. The van der Waals surface area contributed by atoms with Gasteiger partial charge in [-0.25, -0.2) is 0 Å². The fraction of sp³-hybridized carbons (Fsp3) is 0.391. The molecule has 1 aliphatic carbocycles. The van der Waals surface area contributed by atoms with E-state index in [1.807, 2.05) is 43.3 Å². The molecule has 4 nitrogen and oxygen atoms in total. The average molecular weight is 362 g/mol. The van der Waals surface area contributed by atoms with Crippen LogP contribution >= 0.6 is 0 Å². The summed E-state index contributed by atoms with van der Waals surface area (Å²) in [6.45, 7) is 4.70. The van der Waals surface area contributed by atoms with Crippen molar-refractivity contribution in [3.8, 4) is 0 Å². The molecule has 2 aliphatic rings. The maximum Gasteiger partial charge on any atom is 0.239 e. The topological polar surface area (TPSA) is 49.4 Å². The van der Waals surface area contributed by atoms with E-state index in [1.54, 1.807) is 4.90 Å². The molecule has 0 aromatic heterocycles. The molecule has 4 rings (SSSR count). The summed E-state index contributed by atoms with van der Waals surface area (Å²) in [6, 6.07) is 16.2. The second-order valence-electron chi connectivity index (χ2n) is 7.89. The summed E-state index contributed by atoms with van der Waals surface area (Å²) in [5, 5.41) is 3.22. The van der Waals surface area contributed by atoms with Crippen LogP contribution in [-0.4, -0.2) is 18.4 Å². The number of amides is 2. The van der Waals surface area contributed by atoms with Crippen LogP contribution in [0.15, 0.2) is 48.5 Å². The number of benzene rings is 2. The van der Waals surface area contributed by atoms with Crippen molar-refractivity contribution in [2.45, 2.75) is 45.1 Å². The van der Waals surface area contributed by atoms with Gasteiger partial charge in [0.25, 0.3) is 0 Å². The first-order valence-electron chi connectivity index (χ1n) is 9.76. The van der Waals surface area contributed by atoms with Crippen molar-refractivity contribution < 1.29 is 9.59 Å². The second kappa shape index (κ2) is 6.84. The summed E-state index contributed by atoms with van der Waals surface area (Å²) in [6.07, 6.45) is 3.54. The maximum absolute atomic E-state index is 13.0. The van der Waals surface area contributed by atoms with Crippen molar-refractivity contribution >= 4 is 17.5 Å². The minimum absolute atomic E-state index is 0.0849. The van der Waals surface area contributed by atoms with Crippen LogP contribution in [0.1, 0.15) is 42.4 Å². The number of anilines is 1. The maximum atomic E-state index is 13.0. The molecule has 27 heavy (non-hydrogen) atoms. The molecule has 2 fully saturated rings. The van der Waals surface area contributed by atoms with Gasteiger partial charge in [0, 0.05) is 12.2 Å². The van der Waals surface area contributed by atoms with Crippen LogP contribution in [0.2, 0.25) is 0 Å². The second-order valence-corrected chi connectivity index (χ2v) is 7.89. The van der Waals surface area contributed by atoms with Crippen LogP contribution in [0.4, 0.5) is 5.69 Å². The van der Waals surface area contributed by atoms with Crippen LogP contribution in [0.5, 0.6) is 0 Å². The zero-order chi connectivity index (χ0) is 19.0. The largest absolute Gasteiger partial charge is 0.346 e. The number of hydrogen-bond donors (Lipinski definition) is 1. The Bertz CT molecular complexity index is 871. The van der Waals surface area contributed by atoms with Crippen LogP contribution in [0, 0.1) is 19.8 Å². The van der Waals surface area contributed by atoms with Crippen LogP contribution in [0.25, 0.3) is 0 Å². The summed E-state index contributed by atoms with van der Waals surface area (Å²) in [5.74, 6) is -0.805. The molecule has 0 spiro atoms. The Morgan fingerprint density at radius 2 is 1.81 bits per heavy atom. The smallest absolute Gasteiger partial charge is 0.239 e. The monoisotopic (exact) mass is 362 g/mol. The van der Waals surface area contributed by atoms with Crippen molar-refractivity contribution in [1.82, 2.24) is 5.32 Å². The molecule has 0 bridgehead atoms. The lowest BCUT2D eigenvalue weighted by Crippen LogP contribution is -2.53. The quantitative estimate of drug-likeness (QED) is 0.840. The van der Waals surface area contributed by atoms with Gasteiger partial charge in [-0.2, -0.15) is 0 Å². The van der Waals surface area contributed by atoms with Gasteiger partial charge < -0.3 is 10.2 Å². The lowest BCUT2D eigenvalue weighted by molar-refractivity contribution is -0.134. The SMILES string of the molecule is Cc1ccc(N2CCC(C(=O)NC3(c4ccccc4)CCC3)C2=O)cc1C. The van der Waals surface area contributed by atoms with Gasteiger partial charge in [0.2, 0.25) is 11.8 Å². The van der Waals surface area contributed by atoms with E-state index >= 15 is 0 Å². The molecule has 1 aliphatic heterocycles. The Labute approximate surface area is 160 Å². The zero-order valence-corrected chi connectivity index (χ0v) is 16.0. The highest BCUT2D eigenvalue weighted by Gasteiger charge is 2.44. The Kier molecular flexibility index (Phi) is 4.50. The molecule has 140 valence electrons. The third-order valence-electron chi connectivity index (χ3n) is 6.22. The first-order valence-corrected chi connectivity index (χ1v) is 9.76. The lowest BCUT2D eigenvalue weighted by Gasteiger charge is -2.43. The minimum atomic E-state index is -0.590. The third-order valence-corrected chi connectivity index (χ3v) is 6.22. The molecule has 2 aromatic carbocycles. The van der Waals surface area contributed by atoms with E-state index in [0.717, 1.165) is 36.1 Å². The van der Waals surface area contributed by atoms with Crippen molar-refractivity contribution in [2.75, 3.05) is 11.4 Å². The van der Waals surface area contributed by atoms with E-state index < -0.39 is 5.92 Å². The molecule has 0 radical (unpaired) electrons. The summed E-state index contributed by atoms with van der Waals surface area (Å²) in [4.78, 5) is 27.7. The van der Waals surface area contributed by atoms with Gasteiger partial charge in [-0.05, 0) is 68.4 Å². The first-order chi connectivity index (χ1) is 13.0. The number of hydrogen-bond acceptors (Lipinski definition) is 2. The van der Waals surface area contributed by atoms with Gasteiger partial charge in [0.15, 0.2) is 0 Å². The van der Waals surface area contributed by atoms with Gasteiger partial charge in [0.05, 0.1) is 5.54 Å². The Morgan fingerprint density at radius 1 is 1.07 bits per heavy atom. The van der Waals surface area contributed by atoms with E-state index in [4.69, 9.17) is 0 Å². The fourth-order valence-corrected chi connectivity index (χ4v) is 4.17. The number of rotatable bonds is 4. The zero-order valence-electron chi connectivity index (χ0n) is 16.0. The normalized spacial score (nSPS) is 21.0. The molecule has 1 N–H and O–H groups in total. The number of carbonyl (C=O) groups excluding carboxylic acids is 2. The fourth-order valence-electron chi connectivity index (χ4n) is 4.17. The van der Waals surface area contributed by atoms with E-state index in [-0.39, 0.29) is 17.4 Å². The minimum Gasteiger partial charge on any atom is -0.346 e. The average Bonchev–Trinajstić information content (AvgIpc) is 3.03. The summed E-state index contributed by atoms with van der Waals surface area (Å²) >= 11 is 0. The summed E-state index contributed by atoms with van der Waals surface area (Å²) in [5.41, 5.74) is 4.09. The van der Waals surface area contributed by atoms with Crippen LogP contribution in [0.3, 0.4) is 0 Å². The standard InChI is InChI=1S/C23H26N2O2/c1-16-9-10-19(15-17(16)2)25-14-11-20(22(25)27)21(26)24-23(12-6-13-23)18-7-4-3-5-8-18/h3-5,7-10,15,20H,6,11-14H2,1-2H3,(H,24,26). The number of carbonyl (C=O) groups is 2. The number of nitrogens with one attached hydrogen (secondary N) is 1. The predicted molar refractivity (Wildman–Crippen MR) is 106 cm³/mol. The highest BCUT2D eigenvalue weighted by molar-refractivity contribution is 6.09. The molecule has 1 saturated carbocycles. The third kappa shape index (κ3) is 3.14. The lowest BCUT2D eigenvalue weighted by atomic mass is 9.71.